The minimum absolute atomic E-state index is 0.0227. The quantitative estimate of drug-likeness (QED) is 0.775. The molecule has 0 saturated heterocycles. The number of halogens is 2. The standard InChI is InChI=1S/C17H21ClFN3O2/c1-3-7-24-8-4-14(23)21-5-6-22-13(10-21)11(2)15-16(19)12(18)9-20-17(15)22/h9H,3-8,10H2,1-2H3. The second-order valence-electron chi connectivity index (χ2n) is 6.02. The van der Waals surface area contributed by atoms with Crippen molar-refractivity contribution in [1.29, 1.82) is 0 Å². The summed E-state index contributed by atoms with van der Waals surface area (Å²) in [5.74, 6) is -0.375. The maximum atomic E-state index is 14.4. The highest BCUT2D eigenvalue weighted by molar-refractivity contribution is 6.31. The van der Waals surface area contributed by atoms with Gasteiger partial charge in [-0.15, -0.1) is 0 Å². The fraction of sp³-hybridized carbons (Fsp3) is 0.529. The number of amides is 1. The SMILES string of the molecule is CCCOCCC(=O)N1CCn2c(c(C)c3c(F)c(Cl)cnc32)C1. The molecule has 1 amide bonds. The van der Waals surface area contributed by atoms with Crippen LogP contribution in [-0.4, -0.2) is 40.1 Å². The van der Waals surface area contributed by atoms with Gasteiger partial charge in [0.25, 0.3) is 0 Å². The Labute approximate surface area is 145 Å². The summed E-state index contributed by atoms with van der Waals surface area (Å²) < 4.78 is 21.7. The van der Waals surface area contributed by atoms with Gasteiger partial charge >= 0.3 is 0 Å². The molecular weight excluding hydrogens is 333 g/mol. The molecule has 24 heavy (non-hydrogen) atoms. The van der Waals surface area contributed by atoms with Gasteiger partial charge in [0, 0.05) is 25.4 Å². The minimum atomic E-state index is -0.438. The molecule has 1 aliphatic heterocycles. The largest absolute Gasteiger partial charge is 0.381 e. The molecule has 0 atom stereocenters. The number of carbonyl (C=O) groups is 1. The number of aryl methyl sites for hydroxylation is 1. The van der Waals surface area contributed by atoms with E-state index in [9.17, 15) is 9.18 Å². The van der Waals surface area contributed by atoms with Crippen molar-refractivity contribution < 1.29 is 13.9 Å². The third kappa shape index (κ3) is 3.00. The lowest BCUT2D eigenvalue weighted by atomic mass is 10.1. The van der Waals surface area contributed by atoms with E-state index in [0.717, 1.165) is 17.7 Å². The first-order valence-corrected chi connectivity index (χ1v) is 8.59. The van der Waals surface area contributed by atoms with Crippen LogP contribution in [0.15, 0.2) is 6.20 Å². The fourth-order valence-electron chi connectivity index (χ4n) is 3.17. The van der Waals surface area contributed by atoms with E-state index in [0.29, 0.717) is 50.3 Å². The number of nitrogens with zero attached hydrogens (tertiary/aromatic N) is 3. The van der Waals surface area contributed by atoms with Gasteiger partial charge < -0.3 is 14.2 Å². The minimum Gasteiger partial charge on any atom is -0.381 e. The second-order valence-corrected chi connectivity index (χ2v) is 6.43. The molecular formula is C17H21ClFN3O2. The summed E-state index contributed by atoms with van der Waals surface area (Å²) in [6, 6.07) is 0. The van der Waals surface area contributed by atoms with E-state index in [1.807, 2.05) is 18.4 Å². The van der Waals surface area contributed by atoms with Crippen molar-refractivity contribution in [3.8, 4) is 0 Å². The molecule has 3 heterocycles. The Morgan fingerprint density at radius 3 is 2.96 bits per heavy atom. The molecule has 0 radical (unpaired) electrons. The number of fused-ring (bicyclic) bond motifs is 3. The van der Waals surface area contributed by atoms with Gasteiger partial charge in [-0.25, -0.2) is 9.37 Å². The Morgan fingerprint density at radius 1 is 1.42 bits per heavy atom. The van der Waals surface area contributed by atoms with Crippen molar-refractivity contribution in [2.45, 2.75) is 39.8 Å². The topological polar surface area (TPSA) is 47.4 Å². The van der Waals surface area contributed by atoms with Crippen LogP contribution in [-0.2, 0) is 22.6 Å². The van der Waals surface area contributed by atoms with Crippen LogP contribution in [0.1, 0.15) is 31.0 Å². The molecule has 0 aromatic carbocycles. The molecule has 0 bridgehead atoms. The number of hydrogen-bond acceptors (Lipinski definition) is 3. The molecule has 5 nitrogen and oxygen atoms in total. The number of hydrogen-bond donors (Lipinski definition) is 0. The van der Waals surface area contributed by atoms with Gasteiger partial charge in [-0.2, -0.15) is 0 Å². The molecule has 0 spiro atoms. The van der Waals surface area contributed by atoms with E-state index in [-0.39, 0.29) is 10.9 Å². The molecule has 2 aromatic heterocycles. The van der Waals surface area contributed by atoms with Gasteiger partial charge in [0.1, 0.15) is 5.65 Å². The van der Waals surface area contributed by atoms with Gasteiger partial charge in [0.05, 0.1) is 36.2 Å². The Hall–Kier alpha value is -1.66. The molecule has 130 valence electrons. The van der Waals surface area contributed by atoms with Crippen LogP contribution in [0, 0.1) is 12.7 Å². The Bertz CT molecular complexity index is 775. The van der Waals surface area contributed by atoms with Crippen LogP contribution in [0.2, 0.25) is 5.02 Å². The third-order valence-corrected chi connectivity index (χ3v) is 4.70. The second kappa shape index (κ2) is 7.07. The third-order valence-electron chi connectivity index (χ3n) is 4.44. The van der Waals surface area contributed by atoms with E-state index in [1.165, 1.54) is 6.20 Å². The van der Waals surface area contributed by atoms with Crippen LogP contribution >= 0.6 is 11.6 Å². The van der Waals surface area contributed by atoms with Gasteiger partial charge in [-0.05, 0) is 18.9 Å². The first kappa shape index (κ1) is 17.2. The number of carbonyl (C=O) groups excluding carboxylic acids is 1. The van der Waals surface area contributed by atoms with Crippen molar-refractivity contribution >= 4 is 28.5 Å². The fourth-order valence-corrected chi connectivity index (χ4v) is 3.31. The Morgan fingerprint density at radius 2 is 2.21 bits per heavy atom. The van der Waals surface area contributed by atoms with Crippen LogP contribution in [0.25, 0.3) is 11.0 Å². The number of ether oxygens (including phenoxy) is 1. The molecule has 0 aliphatic carbocycles. The van der Waals surface area contributed by atoms with Crippen molar-refractivity contribution in [3.05, 3.63) is 28.3 Å². The van der Waals surface area contributed by atoms with Crippen LogP contribution < -0.4 is 0 Å². The summed E-state index contributed by atoms with van der Waals surface area (Å²) in [4.78, 5) is 18.4. The maximum Gasteiger partial charge on any atom is 0.225 e. The summed E-state index contributed by atoms with van der Waals surface area (Å²) in [6.07, 6.45) is 2.66. The normalized spacial score (nSPS) is 14.2. The van der Waals surface area contributed by atoms with Crippen molar-refractivity contribution in [2.75, 3.05) is 19.8 Å². The molecule has 0 unspecified atom stereocenters. The highest BCUT2D eigenvalue weighted by Gasteiger charge is 2.27. The average Bonchev–Trinajstić information content (AvgIpc) is 2.87. The lowest BCUT2D eigenvalue weighted by Gasteiger charge is -2.29. The lowest BCUT2D eigenvalue weighted by Crippen LogP contribution is -2.38. The van der Waals surface area contributed by atoms with Crippen molar-refractivity contribution in [2.24, 2.45) is 0 Å². The highest BCUT2D eigenvalue weighted by atomic mass is 35.5. The van der Waals surface area contributed by atoms with E-state index >= 15 is 0 Å². The predicted octanol–water partition coefficient (Wildman–Crippen LogP) is 3.30. The molecule has 0 N–H and O–H groups in total. The van der Waals surface area contributed by atoms with Crippen molar-refractivity contribution in [1.82, 2.24) is 14.5 Å². The first-order valence-electron chi connectivity index (χ1n) is 8.21. The molecule has 0 saturated carbocycles. The van der Waals surface area contributed by atoms with E-state index in [2.05, 4.69) is 4.98 Å². The van der Waals surface area contributed by atoms with Crippen LogP contribution in [0.4, 0.5) is 4.39 Å². The molecule has 0 fully saturated rings. The van der Waals surface area contributed by atoms with E-state index in [1.54, 1.807) is 4.90 Å². The van der Waals surface area contributed by atoms with Gasteiger partial charge in [-0.1, -0.05) is 18.5 Å². The van der Waals surface area contributed by atoms with E-state index < -0.39 is 5.82 Å². The van der Waals surface area contributed by atoms with Gasteiger partial charge in [0.2, 0.25) is 5.91 Å². The smallest absolute Gasteiger partial charge is 0.225 e. The average molecular weight is 354 g/mol. The zero-order valence-electron chi connectivity index (χ0n) is 13.9. The highest BCUT2D eigenvalue weighted by Crippen LogP contribution is 2.32. The first-order chi connectivity index (χ1) is 11.5. The predicted molar refractivity (Wildman–Crippen MR) is 90.6 cm³/mol. The summed E-state index contributed by atoms with van der Waals surface area (Å²) in [7, 11) is 0. The Balaban J connectivity index is 1.81. The molecule has 1 aliphatic rings. The van der Waals surface area contributed by atoms with Crippen LogP contribution in [0.5, 0.6) is 0 Å². The number of rotatable bonds is 5. The Kier molecular flexibility index (Phi) is 5.06. The van der Waals surface area contributed by atoms with Gasteiger partial charge in [-0.3, -0.25) is 4.79 Å². The zero-order valence-corrected chi connectivity index (χ0v) is 14.7. The molecule has 2 aromatic rings. The van der Waals surface area contributed by atoms with Crippen molar-refractivity contribution in [3.63, 3.8) is 0 Å². The van der Waals surface area contributed by atoms with E-state index in [4.69, 9.17) is 16.3 Å². The summed E-state index contributed by atoms with van der Waals surface area (Å²) in [6.45, 7) is 6.67. The lowest BCUT2D eigenvalue weighted by molar-refractivity contribution is -0.133. The number of pyridine rings is 1. The molecule has 7 heteroatoms. The number of aromatic nitrogens is 2. The molecule has 3 rings (SSSR count). The summed E-state index contributed by atoms with van der Waals surface area (Å²) in [5, 5.41) is 0.479. The van der Waals surface area contributed by atoms with Gasteiger partial charge in [0.15, 0.2) is 5.82 Å². The summed E-state index contributed by atoms with van der Waals surface area (Å²) in [5.41, 5.74) is 2.33. The van der Waals surface area contributed by atoms with Crippen LogP contribution in [0.3, 0.4) is 0 Å². The maximum absolute atomic E-state index is 14.4. The summed E-state index contributed by atoms with van der Waals surface area (Å²) >= 11 is 5.86. The monoisotopic (exact) mass is 353 g/mol. The zero-order chi connectivity index (χ0) is 17.3.